The van der Waals surface area contributed by atoms with Crippen LogP contribution in [0.15, 0.2) is 12.2 Å². The first-order valence-electron chi connectivity index (χ1n) is 10.0. The summed E-state index contributed by atoms with van der Waals surface area (Å²) in [6.45, 7) is 14.6. The second-order valence-corrected chi connectivity index (χ2v) is 6.35. The first kappa shape index (κ1) is 24.6. The zero-order valence-electron chi connectivity index (χ0n) is 17.2. The van der Waals surface area contributed by atoms with Crippen molar-refractivity contribution in [1.82, 2.24) is 9.80 Å². The Morgan fingerprint density at radius 1 is 0.615 bits per heavy atom. The quantitative estimate of drug-likeness (QED) is 0.308. The molecule has 6 nitrogen and oxygen atoms in total. The van der Waals surface area contributed by atoms with Crippen LogP contribution in [0.2, 0.25) is 0 Å². The number of hydrogen-bond acceptors (Lipinski definition) is 6. The minimum atomic E-state index is -0.506. The van der Waals surface area contributed by atoms with Gasteiger partial charge in [0.2, 0.25) is 0 Å². The molecule has 0 saturated carbocycles. The molecule has 0 spiro atoms. The van der Waals surface area contributed by atoms with E-state index in [1.54, 1.807) is 0 Å². The second-order valence-electron chi connectivity index (χ2n) is 6.35. The summed E-state index contributed by atoms with van der Waals surface area (Å²) in [5.41, 5.74) is 0. The van der Waals surface area contributed by atoms with Gasteiger partial charge in [0.05, 0.1) is 0 Å². The van der Waals surface area contributed by atoms with Gasteiger partial charge in [0.15, 0.2) is 0 Å². The maximum absolute atomic E-state index is 11.7. The molecular formula is C20H38N2O4. The first-order chi connectivity index (χ1) is 12.6. The van der Waals surface area contributed by atoms with Crippen LogP contribution >= 0.6 is 0 Å². The van der Waals surface area contributed by atoms with Crippen LogP contribution in [0.25, 0.3) is 0 Å². The summed E-state index contributed by atoms with van der Waals surface area (Å²) < 4.78 is 10.3. The molecule has 0 rings (SSSR count). The van der Waals surface area contributed by atoms with Gasteiger partial charge in [-0.3, -0.25) is 9.80 Å². The summed E-state index contributed by atoms with van der Waals surface area (Å²) in [5, 5.41) is 0. The van der Waals surface area contributed by atoms with E-state index in [4.69, 9.17) is 9.47 Å². The van der Waals surface area contributed by atoms with Gasteiger partial charge >= 0.3 is 11.9 Å². The van der Waals surface area contributed by atoms with E-state index < -0.39 is 11.9 Å². The molecule has 0 aromatic rings. The van der Waals surface area contributed by atoms with Gasteiger partial charge in [0.25, 0.3) is 0 Å². The number of ether oxygens (including phenoxy) is 2. The first-order valence-corrected chi connectivity index (χ1v) is 10.0. The minimum absolute atomic E-state index is 0.335. The van der Waals surface area contributed by atoms with Gasteiger partial charge in [-0.25, -0.2) is 9.59 Å². The molecule has 0 aromatic heterocycles. The topological polar surface area (TPSA) is 59.1 Å². The predicted molar refractivity (Wildman–Crippen MR) is 105 cm³/mol. The van der Waals surface area contributed by atoms with Gasteiger partial charge < -0.3 is 9.47 Å². The van der Waals surface area contributed by atoms with Gasteiger partial charge in [0.1, 0.15) is 13.2 Å². The Labute approximate surface area is 159 Å². The average molecular weight is 371 g/mol. The van der Waals surface area contributed by atoms with Crippen LogP contribution in [0.4, 0.5) is 0 Å². The van der Waals surface area contributed by atoms with E-state index in [9.17, 15) is 9.59 Å². The van der Waals surface area contributed by atoms with Crippen molar-refractivity contribution < 1.29 is 19.1 Å². The lowest BCUT2D eigenvalue weighted by Crippen LogP contribution is -2.30. The summed E-state index contributed by atoms with van der Waals surface area (Å²) in [7, 11) is 0. The average Bonchev–Trinajstić information content (AvgIpc) is 2.60. The molecule has 0 amide bonds. The molecule has 0 bridgehead atoms. The fourth-order valence-electron chi connectivity index (χ4n) is 2.72. The Balaban J connectivity index is 3.98. The van der Waals surface area contributed by atoms with Crippen molar-refractivity contribution in [1.29, 1.82) is 0 Å². The van der Waals surface area contributed by atoms with Crippen LogP contribution in [0.5, 0.6) is 0 Å². The molecule has 0 N–H and O–H groups in total. The Kier molecular flexibility index (Phi) is 16.1. The lowest BCUT2D eigenvalue weighted by atomic mass is 10.3. The van der Waals surface area contributed by atoms with Crippen LogP contribution in [-0.4, -0.2) is 74.2 Å². The summed E-state index contributed by atoms with van der Waals surface area (Å²) in [6, 6.07) is 0. The van der Waals surface area contributed by atoms with Crippen LogP contribution in [0.1, 0.15) is 53.4 Å². The van der Waals surface area contributed by atoms with E-state index >= 15 is 0 Å². The third-order valence-electron chi connectivity index (χ3n) is 3.82. The van der Waals surface area contributed by atoms with Gasteiger partial charge in [-0.1, -0.05) is 27.7 Å². The van der Waals surface area contributed by atoms with E-state index in [1.165, 1.54) is 0 Å². The summed E-state index contributed by atoms with van der Waals surface area (Å²) >= 11 is 0. The maximum Gasteiger partial charge on any atom is 0.331 e. The zero-order valence-corrected chi connectivity index (χ0v) is 17.2. The van der Waals surface area contributed by atoms with Crippen molar-refractivity contribution in [3.05, 3.63) is 12.2 Å². The molecule has 0 saturated heterocycles. The van der Waals surface area contributed by atoms with Gasteiger partial charge in [0, 0.05) is 25.2 Å². The van der Waals surface area contributed by atoms with E-state index in [0.717, 1.165) is 77.1 Å². The van der Waals surface area contributed by atoms with Crippen molar-refractivity contribution >= 4 is 11.9 Å². The van der Waals surface area contributed by atoms with Crippen LogP contribution in [0, 0.1) is 0 Å². The third-order valence-corrected chi connectivity index (χ3v) is 3.82. The van der Waals surface area contributed by atoms with Crippen LogP contribution in [0.3, 0.4) is 0 Å². The number of carbonyl (C=O) groups is 2. The zero-order chi connectivity index (χ0) is 19.6. The molecule has 6 heteroatoms. The van der Waals surface area contributed by atoms with E-state index in [-0.39, 0.29) is 0 Å². The highest BCUT2D eigenvalue weighted by Gasteiger charge is 2.06. The van der Waals surface area contributed by atoms with Crippen molar-refractivity contribution in [2.75, 3.05) is 52.5 Å². The van der Waals surface area contributed by atoms with Crippen LogP contribution in [-0.2, 0) is 19.1 Å². The van der Waals surface area contributed by atoms with Crippen molar-refractivity contribution in [3.63, 3.8) is 0 Å². The molecule has 0 fully saturated rings. The highest BCUT2D eigenvalue weighted by Crippen LogP contribution is 1.96. The Morgan fingerprint density at radius 2 is 0.923 bits per heavy atom. The fraction of sp³-hybridized carbons (Fsp3) is 0.800. The molecule has 0 atom stereocenters. The molecule has 0 aliphatic rings. The van der Waals surface area contributed by atoms with Crippen molar-refractivity contribution in [2.24, 2.45) is 0 Å². The highest BCUT2D eigenvalue weighted by molar-refractivity contribution is 5.91. The molecule has 0 aliphatic carbocycles. The number of nitrogens with zero attached hydrogens (tertiary/aromatic N) is 2. The summed E-state index contributed by atoms with van der Waals surface area (Å²) in [6.07, 6.45) is 6.59. The number of carbonyl (C=O) groups excluding carboxylic acids is 2. The largest absolute Gasteiger partial charge is 0.461 e. The third kappa shape index (κ3) is 13.8. The molecule has 0 heterocycles. The molecule has 26 heavy (non-hydrogen) atoms. The lowest BCUT2D eigenvalue weighted by Gasteiger charge is -2.20. The summed E-state index contributed by atoms with van der Waals surface area (Å²) in [4.78, 5) is 27.8. The van der Waals surface area contributed by atoms with Crippen LogP contribution < -0.4 is 0 Å². The molecule has 0 radical (unpaired) electrons. The molecular weight excluding hydrogens is 332 g/mol. The molecule has 0 unspecified atom stereocenters. The second kappa shape index (κ2) is 17.0. The Hall–Kier alpha value is -1.40. The minimum Gasteiger partial charge on any atom is -0.461 e. The lowest BCUT2D eigenvalue weighted by molar-refractivity contribution is -0.140. The van der Waals surface area contributed by atoms with Crippen molar-refractivity contribution in [3.8, 4) is 0 Å². The predicted octanol–water partition coefficient (Wildman–Crippen LogP) is 2.87. The van der Waals surface area contributed by atoms with Gasteiger partial charge in [-0.05, 0) is 51.9 Å². The molecule has 0 aliphatic heterocycles. The Morgan fingerprint density at radius 3 is 1.19 bits per heavy atom. The standard InChI is InChI=1S/C20H38N2O4/c1-5-11-21(12-6-2)15-17-25-19(23)9-10-20(24)26-18-16-22(13-7-3)14-8-4/h9-10H,5-8,11-18H2,1-4H3/b10-9-. The fourth-order valence-corrected chi connectivity index (χ4v) is 2.72. The van der Waals surface area contributed by atoms with E-state index in [2.05, 4.69) is 37.5 Å². The SMILES string of the molecule is CCCN(CCC)CCOC(=O)/C=C\C(=O)OCCN(CCC)CCC. The number of hydrogen-bond donors (Lipinski definition) is 0. The maximum atomic E-state index is 11.7. The smallest absolute Gasteiger partial charge is 0.331 e. The number of esters is 2. The van der Waals surface area contributed by atoms with E-state index in [0.29, 0.717) is 13.2 Å². The molecule has 0 aromatic carbocycles. The highest BCUT2D eigenvalue weighted by atomic mass is 16.5. The van der Waals surface area contributed by atoms with Gasteiger partial charge in [-0.2, -0.15) is 0 Å². The number of rotatable bonds is 16. The van der Waals surface area contributed by atoms with Crippen molar-refractivity contribution in [2.45, 2.75) is 53.4 Å². The van der Waals surface area contributed by atoms with E-state index in [1.807, 2.05) is 0 Å². The van der Waals surface area contributed by atoms with Gasteiger partial charge in [-0.15, -0.1) is 0 Å². The monoisotopic (exact) mass is 370 g/mol. The summed E-state index contributed by atoms with van der Waals surface area (Å²) in [5.74, 6) is -1.01. The molecule has 152 valence electrons. The Bertz CT molecular complexity index is 351. The normalized spacial score (nSPS) is 11.5.